The third-order valence-electron chi connectivity index (χ3n) is 7.01. The molecule has 0 bridgehead atoms. The Kier molecular flexibility index (Phi) is 6.52. The number of hydrogen-bond donors (Lipinski definition) is 1. The van der Waals surface area contributed by atoms with E-state index in [9.17, 15) is 4.79 Å². The predicted octanol–water partition coefficient (Wildman–Crippen LogP) is 5.76. The lowest BCUT2D eigenvalue weighted by Gasteiger charge is -2.40. The number of carbonyl (C=O) groups excluding carboxylic acids is 1. The van der Waals surface area contributed by atoms with Crippen molar-refractivity contribution in [2.45, 2.75) is 46.5 Å². The van der Waals surface area contributed by atoms with E-state index in [0.717, 1.165) is 47.6 Å². The van der Waals surface area contributed by atoms with Gasteiger partial charge in [-0.25, -0.2) is 0 Å². The molecule has 182 valence electrons. The van der Waals surface area contributed by atoms with Gasteiger partial charge in [0.25, 0.3) is 0 Å². The van der Waals surface area contributed by atoms with Crippen LogP contribution in [0.4, 0.5) is 11.4 Å². The first-order valence-electron chi connectivity index (χ1n) is 12.0. The Balaban J connectivity index is 1.96. The monoisotopic (exact) mass is 464 g/mol. The van der Waals surface area contributed by atoms with Gasteiger partial charge in [-0.05, 0) is 43.4 Å². The standard InChI is InChI=1S/C28H36N2O4/c1-8-30(9-2)18-12-10-17(11-13-18)23-24-20(15-28(3,4)16-21(24)31)29-19-14-22(32-5)26(33-6)27(34-7)25(19)23/h10-14,23,29H,8-9,15-16H2,1-7H3/t23-/m0/s1. The number of Topliss-reactive ketones (excluding diaryl/α,β-unsaturated/α-hetero) is 1. The van der Waals surface area contributed by atoms with E-state index in [4.69, 9.17) is 14.2 Å². The molecule has 1 N–H and O–H groups in total. The van der Waals surface area contributed by atoms with E-state index in [2.05, 4.69) is 62.2 Å². The van der Waals surface area contributed by atoms with Crippen LogP contribution in [-0.2, 0) is 4.79 Å². The van der Waals surface area contributed by atoms with Crippen molar-refractivity contribution in [3.63, 3.8) is 0 Å². The topological polar surface area (TPSA) is 60.0 Å². The van der Waals surface area contributed by atoms with Gasteiger partial charge in [0.05, 0.1) is 27.0 Å². The van der Waals surface area contributed by atoms with E-state index in [1.165, 1.54) is 5.69 Å². The van der Waals surface area contributed by atoms with Gasteiger partial charge in [-0.1, -0.05) is 26.0 Å². The van der Waals surface area contributed by atoms with E-state index in [0.29, 0.717) is 23.7 Å². The number of allylic oxidation sites excluding steroid dienone is 2. The second-order valence-corrected chi connectivity index (χ2v) is 9.76. The number of ketones is 1. The lowest BCUT2D eigenvalue weighted by atomic mass is 9.68. The van der Waals surface area contributed by atoms with Gasteiger partial charge < -0.3 is 24.4 Å². The molecule has 0 amide bonds. The zero-order valence-corrected chi connectivity index (χ0v) is 21.4. The van der Waals surface area contributed by atoms with Crippen LogP contribution in [0, 0.1) is 5.41 Å². The summed E-state index contributed by atoms with van der Waals surface area (Å²) < 4.78 is 17.2. The normalized spacial score (nSPS) is 18.6. The maximum absolute atomic E-state index is 13.6. The number of benzene rings is 2. The molecule has 6 heteroatoms. The van der Waals surface area contributed by atoms with Crippen LogP contribution in [0.25, 0.3) is 0 Å². The molecule has 6 nitrogen and oxygen atoms in total. The van der Waals surface area contributed by atoms with Crippen LogP contribution in [0.5, 0.6) is 17.2 Å². The molecule has 0 fully saturated rings. The number of rotatable bonds is 7. The number of anilines is 2. The van der Waals surface area contributed by atoms with E-state index >= 15 is 0 Å². The van der Waals surface area contributed by atoms with Crippen LogP contribution in [0.15, 0.2) is 41.6 Å². The van der Waals surface area contributed by atoms with Crippen molar-refractivity contribution in [1.82, 2.24) is 0 Å². The van der Waals surface area contributed by atoms with Crippen molar-refractivity contribution in [2.75, 3.05) is 44.6 Å². The van der Waals surface area contributed by atoms with Gasteiger partial charge in [0.15, 0.2) is 17.3 Å². The zero-order valence-electron chi connectivity index (χ0n) is 21.4. The highest BCUT2D eigenvalue weighted by atomic mass is 16.5. The third kappa shape index (κ3) is 3.99. The van der Waals surface area contributed by atoms with Crippen molar-refractivity contribution in [2.24, 2.45) is 5.41 Å². The summed E-state index contributed by atoms with van der Waals surface area (Å²) in [6.45, 7) is 10.5. The second-order valence-electron chi connectivity index (χ2n) is 9.76. The summed E-state index contributed by atoms with van der Waals surface area (Å²) in [5.74, 6) is 1.63. The number of hydrogen-bond acceptors (Lipinski definition) is 6. The Hall–Kier alpha value is -3.15. The van der Waals surface area contributed by atoms with Crippen LogP contribution < -0.4 is 24.4 Å². The van der Waals surface area contributed by atoms with Gasteiger partial charge >= 0.3 is 0 Å². The summed E-state index contributed by atoms with van der Waals surface area (Å²) in [5.41, 5.74) is 5.74. The highest BCUT2D eigenvalue weighted by molar-refractivity contribution is 6.02. The van der Waals surface area contributed by atoms with Gasteiger partial charge in [0.1, 0.15) is 0 Å². The smallest absolute Gasteiger partial charge is 0.203 e. The Morgan fingerprint density at radius 2 is 1.62 bits per heavy atom. The molecule has 0 saturated carbocycles. The van der Waals surface area contributed by atoms with Gasteiger partial charge in [-0.15, -0.1) is 0 Å². The number of nitrogens with zero attached hydrogens (tertiary/aromatic N) is 1. The molecule has 2 aromatic carbocycles. The first-order valence-corrected chi connectivity index (χ1v) is 12.0. The molecule has 1 aliphatic heterocycles. The Bertz CT molecular complexity index is 1110. The van der Waals surface area contributed by atoms with E-state index < -0.39 is 0 Å². The summed E-state index contributed by atoms with van der Waals surface area (Å²) in [6, 6.07) is 10.5. The fourth-order valence-corrected chi connectivity index (χ4v) is 5.46. The van der Waals surface area contributed by atoms with Gasteiger partial charge in [-0.2, -0.15) is 0 Å². The molecule has 1 atom stereocenters. The Morgan fingerprint density at radius 3 is 2.18 bits per heavy atom. The molecule has 0 aromatic heterocycles. The lowest BCUT2D eigenvalue weighted by molar-refractivity contribution is -0.118. The minimum absolute atomic E-state index is 0.0990. The summed E-state index contributed by atoms with van der Waals surface area (Å²) in [6.07, 6.45) is 1.32. The first kappa shape index (κ1) is 24.0. The molecule has 4 rings (SSSR count). The molecule has 2 aromatic rings. The largest absolute Gasteiger partial charge is 0.493 e. The van der Waals surface area contributed by atoms with Crippen LogP contribution in [-0.4, -0.2) is 40.2 Å². The minimum atomic E-state index is -0.254. The van der Waals surface area contributed by atoms with Crippen LogP contribution in [0.1, 0.15) is 57.6 Å². The van der Waals surface area contributed by atoms with Crippen molar-refractivity contribution in [3.05, 3.63) is 52.7 Å². The number of fused-ring (bicyclic) bond motifs is 1. The highest BCUT2D eigenvalue weighted by Gasteiger charge is 2.43. The first-order chi connectivity index (χ1) is 16.3. The summed E-state index contributed by atoms with van der Waals surface area (Å²) in [7, 11) is 4.86. The fourth-order valence-electron chi connectivity index (χ4n) is 5.46. The van der Waals surface area contributed by atoms with E-state index in [1.54, 1.807) is 21.3 Å². The molecule has 0 unspecified atom stereocenters. The van der Waals surface area contributed by atoms with Crippen LogP contribution in [0.3, 0.4) is 0 Å². The predicted molar refractivity (Wildman–Crippen MR) is 137 cm³/mol. The van der Waals surface area contributed by atoms with Gasteiger partial charge in [0, 0.05) is 54.0 Å². The molecular weight excluding hydrogens is 428 g/mol. The average molecular weight is 465 g/mol. The van der Waals surface area contributed by atoms with Crippen molar-refractivity contribution in [1.29, 1.82) is 0 Å². The highest BCUT2D eigenvalue weighted by Crippen LogP contribution is 2.56. The average Bonchev–Trinajstić information content (AvgIpc) is 2.81. The molecule has 34 heavy (non-hydrogen) atoms. The third-order valence-corrected chi connectivity index (χ3v) is 7.01. The summed E-state index contributed by atoms with van der Waals surface area (Å²) in [4.78, 5) is 15.9. The summed E-state index contributed by atoms with van der Waals surface area (Å²) >= 11 is 0. The molecule has 0 radical (unpaired) electrons. The summed E-state index contributed by atoms with van der Waals surface area (Å²) in [5, 5.41) is 3.57. The number of nitrogens with one attached hydrogen (secondary N) is 1. The van der Waals surface area contributed by atoms with Crippen molar-refractivity contribution >= 4 is 17.2 Å². The quantitative estimate of drug-likeness (QED) is 0.562. The van der Waals surface area contributed by atoms with Crippen molar-refractivity contribution in [3.8, 4) is 17.2 Å². The Morgan fingerprint density at radius 1 is 0.971 bits per heavy atom. The molecule has 1 aliphatic carbocycles. The molecular formula is C28H36N2O4. The van der Waals surface area contributed by atoms with Crippen molar-refractivity contribution < 1.29 is 19.0 Å². The lowest BCUT2D eigenvalue weighted by Crippen LogP contribution is -2.34. The van der Waals surface area contributed by atoms with E-state index in [1.807, 2.05) is 6.07 Å². The van der Waals surface area contributed by atoms with Crippen LogP contribution in [0.2, 0.25) is 0 Å². The molecule has 0 spiro atoms. The van der Waals surface area contributed by atoms with Gasteiger partial charge in [-0.3, -0.25) is 4.79 Å². The van der Waals surface area contributed by atoms with Gasteiger partial charge in [0.2, 0.25) is 5.75 Å². The number of carbonyl (C=O) groups is 1. The maximum Gasteiger partial charge on any atom is 0.203 e. The minimum Gasteiger partial charge on any atom is -0.493 e. The molecule has 2 aliphatic rings. The molecule has 1 heterocycles. The maximum atomic E-state index is 13.6. The second kappa shape index (κ2) is 9.24. The molecule has 0 saturated heterocycles. The zero-order chi connectivity index (χ0) is 24.6. The Labute approximate surface area is 202 Å². The SMILES string of the molecule is CCN(CC)c1ccc([C@H]2C3=C(CC(C)(C)CC3=O)Nc3cc(OC)c(OC)c(OC)c32)cc1. The fraction of sp³-hybridized carbons (Fsp3) is 0.464. The number of ether oxygens (including phenoxy) is 3. The van der Waals surface area contributed by atoms with Crippen LogP contribution >= 0.6 is 0 Å². The number of methoxy groups -OCH3 is 3. The van der Waals surface area contributed by atoms with E-state index in [-0.39, 0.29) is 17.1 Å².